The van der Waals surface area contributed by atoms with Gasteiger partial charge >= 0.3 is 0 Å². The molecule has 0 aromatic rings. The van der Waals surface area contributed by atoms with E-state index >= 15 is 0 Å². The molecule has 0 aromatic heterocycles. The Hall–Kier alpha value is -0.300. The Morgan fingerprint density at radius 2 is 2.46 bits per heavy atom. The van der Waals surface area contributed by atoms with E-state index in [9.17, 15) is 0 Å². The zero-order chi connectivity index (χ0) is 11.3. The van der Waals surface area contributed by atoms with Crippen LogP contribution in [0.1, 0.15) is 42.2 Å². The summed E-state index contributed by atoms with van der Waals surface area (Å²) in [5.41, 5.74) is 0.970. The predicted molar refractivity (Wildman–Crippen MR) is 56.8 cm³/mol. The Morgan fingerprint density at radius 1 is 1.69 bits per heavy atom. The third kappa shape index (κ3) is 1.54. The van der Waals surface area contributed by atoms with Gasteiger partial charge in [-0.25, -0.2) is 0 Å². The van der Waals surface area contributed by atoms with E-state index < -0.39 is 6.37 Å². The molecule has 0 radical (unpaired) electrons. The van der Waals surface area contributed by atoms with Crippen molar-refractivity contribution in [2.45, 2.75) is 45.0 Å². The molecule has 1 heteroatoms. The van der Waals surface area contributed by atoms with E-state index in [-0.39, 0.29) is 11.5 Å². The Bertz CT molecular complexity index is 285. The Morgan fingerprint density at radius 3 is 3.15 bits per heavy atom. The second-order valence-corrected chi connectivity index (χ2v) is 4.78. The molecule has 0 aromatic carbocycles. The number of fused-ring (bicyclic) bond motifs is 1. The van der Waals surface area contributed by atoms with Gasteiger partial charge in [-0.2, -0.15) is 0 Å². The molecule has 0 aliphatic carbocycles. The van der Waals surface area contributed by atoms with Crippen LogP contribution in [0.15, 0.2) is 12.2 Å². The first-order valence-corrected chi connectivity index (χ1v) is 5.32. The maximum Gasteiger partial charge on any atom is 0.0288 e. The lowest BCUT2D eigenvalue weighted by molar-refractivity contribution is 0.163. The highest BCUT2D eigenvalue weighted by Gasteiger charge is 2.45. The molecule has 2 aliphatic heterocycles. The van der Waals surface area contributed by atoms with E-state index in [1.54, 1.807) is 0 Å². The third-order valence-corrected chi connectivity index (χ3v) is 3.14. The molecule has 2 aliphatic rings. The number of nitrogens with zero attached hydrogens (tertiary/aromatic N) is 1. The van der Waals surface area contributed by atoms with Crippen LogP contribution in [0, 0.1) is 5.92 Å². The van der Waals surface area contributed by atoms with Crippen LogP contribution >= 0.6 is 0 Å². The van der Waals surface area contributed by atoms with Crippen LogP contribution in [0.5, 0.6) is 0 Å². The van der Waals surface area contributed by atoms with Crippen molar-refractivity contribution in [3.8, 4) is 0 Å². The van der Waals surface area contributed by atoms with Gasteiger partial charge in [-0.05, 0) is 38.1 Å². The molecular formula is C12H21N. The van der Waals surface area contributed by atoms with Crippen LogP contribution < -0.4 is 0 Å². The SMILES string of the molecule is [2H]C([2H])(C(C)C)[C@]12CCCN1CC(=C)C2. The molecule has 2 heterocycles. The number of rotatable bonds is 2. The molecular weight excluding hydrogens is 158 g/mol. The van der Waals surface area contributed by atoms with Gasteiger partial charge in [0.1, 0.15) is 0 Å². The van der Waals surface area contributed by atoms with E-state index in [1.165, 1.54) is 5.57 Å². The van der Waals surface area contributed by atoms with Crippen molar-refractivity contribution in [2.75, 3.05) is 13.1 Å². The summed E-state index contributed by atoms with van der Waals surface area (Å²) in [7, 11) is 0. The molecule has 2 saturated heterocycles. The highest BCUT2D eigenvalue weighted by molar-refractivity contribution is 5.17. The molecule has 0 unspecified atom stereocenters. The first-order chi connectivity index (χ1) is 6.90. The van der Waals surface area contributed by atoms with Crippen molar-refractivity contribution in [1.82, 2.24) is 4.90 Å². The average molecular weight is 181 g/mol. The van der Waals surface area contributed by atoms with Crippen LogP contribution in [0.3, 0.4) is 0 Å². The highest BCUT2D eigenvalue weighted by Crippen LogP contribution is 2.44. The van der Waals surface area contributed by atoms with E-state index in [0.717, 1.165) is 32.4 Å². The molecule has 1 atom stereocenters. The quantitative estimate of drug-likeness (QED) is 0.592. The second kappa shape index (κ2) is 3.13. The minimum atomic E-state index is -1.09. The van der Waals surface area contributed by atoms with Crippen molar-refractivity contribution in [1.29, 1.82) is 0 Å². The minimum absolute atomic E-state index is 0.0731. The van der Waals surface area contributed by atoms with E-state index in [0.29, 0.717) is 0 Å². The summed E-state index contributed by atoms with van der Waals surface area (Å²) in [6, 6.07) is 0. The molecule has 0 saturated carbocycles. The van der Waals surface area contributed by atoms with E-state index in [4.69, 9.17) is 2.74 Å². The first-order valence-electron chi connectivity index (χ1n) is 6.32. The first kappa shape index (κ1) is 7.05. The standard InChI is InChI=1S/C12H21N/c1-10(2)7-12-5-4-6-13(12)9-11(3)8-12/h10H,3-9H2,1-2H3/t12-/m0/s1/i7D2. The fourth-order valence-corrected chi connectivity index (χ4v) is 2.86. The molecule has 74 valence electrons. The maximum atomic E-state index is 8.37. The van der Waals surface area contributed by atoms with Gasteiger partial charge in [0.2, 0.25) is 0 Å². The Kier molecular flexibility index (Phi) is 1.70. The van der Waals surface area contributed by atoms with Gasteiger partial charge in [-0.15, -0.1) is 0 Å². The zero-order valence-electron chi connectivity index (χ0n) is 10.8. The largest absolute Gasteiger partial charge is 0.293 e. The van der Waals surface area contributed by atoms with Gasteiger partial charge < -0.3 is 0 Å². The minimum Gasteiger partial charge on any atom is -0.293 e. The van der Waals surface area contributed by atoms with Crippen LogP contribution in [0.2, 0.25) is 0 Å². The second-order valence-electron chi connectivity index (χ2n) is 4.78. The molecule has 13 heavy (non-hydrogen) atoms. The van der Waals surface area contributed by atoms with E-state index in [1.807, 2.05) is 13.8 Å². The van der Waals surface area contributed by atoms with Crippen LogP contribution in [0.4, 0.5) is 0 Å². The highest BCUT2D eigenvalue weighted by atomic mass is 15.2. The number of hydrogen-bond donors (Lipinski definition) is 0. The van der Waals surface area contributed by atoms with Gasteiger partial charge in [-0.3, -0.25) is 4.90 Å². The molecule has 1 nitrogen and oxygen atoms in total. The Labute approximate surface area is 84.6 Å². The molecule has 0 bridgehead atoms. The summed E-state index contributed by atoms with van der Waals surface area (Å²) in [6.07, 6.45) is 1.90. The smallest absolute Gasteiger partial charge is 0.0288 e. The third-order valence-electron chi connectivity index (χ3n) is 3.14. The van der Waals surface area contributed by atoms with Crippen molar-refractivity contribution in [3.63, 3.8) is 0 Å². The lowest BCUT2D eigenvalue weighted by Crippen LogP contribution is -2.39. The fourth-order valence-electron chi connectivity index (χ4n) is 2.86. The van der Waals surface area contributed by atoms with Crippen LogP contribution in [0.25, 0.3) is 0 Å². The summed E-state index contributed by atoms with van der Waals surface area (Å²) >= 11 is 0. The van der Waals surface area contributed by atoms with Crippen molar-refractivity contribution in [2.24, 2.45) is 5.92 Å². The predicted octanol–water partition coefficient (Wildman–Crippen LogP) is 2.83. The molecule has 0 spiro atoms. The van der Waals surface area contributed by atoms with E-state index in [2.05, 4.69) is 11.5 Å². The van der Waals surface area contributed by atoms with Crippen LogP contribution in [-0.4, -0.2) is 23.5 Å². The van der Waals surface area contributed by atoms with Gasteiger partial charge in [0.25, 0.3) is 0 Å². The van der Waals surface area contributed by atoms with Crippen molar-refractivity contribution >= 4 is 0 Å². The van der Waals surface area contributed by atoms with Gasteiger partial charge in [0.05, 0.1) is 0 Å². The van der Waals surface area contributed by atoms with Gasteiger partial charge in [0, 0.05) is 14.8 Å². The monoisotopic (exact) mass is 181 g/mol. The number of hydrogen-bond acceptors (Lipinski definition) is 1. The lowest BCUT2D eigenvalue weighted by atomic mass is 9.84. The summed E-state index contributed by atoms with van der Waals surface area (Å²) in [4.78, 5) is 2.33. The topological polar surface area (TPSA) is 3.24 Å². The lowest BCUT2D eigenvalue weighted by Gasteiger charge is -2.33. The summed E-state index contributed by atoms with van der Waals surface area (Å²) in [5, 5.41) is 0. The molecule has 2 rings (SSSR count). The summed E-state index contributed by atoms with van der Waals surface area (Å²) < 4.78 is 16.7. The fraction of sp³-hybridized carbons (Fsp3) is 0.833. The molecule has 0 N–H and O–H groups in total. The van der Waals surface area contributed by atoms with Gasteiger partial charge in [0.15, 0.2) is 0 Å². The normalized spacial score (nSPS) is 37.9. The maximum absolute atomic E-state index is 8.37. The van der Waals surface area contributed by atoms with Gasteiger partial charge in [-0.1, -0.05) is 26.0 Å². The summed E-state index contributed by atoms with van der Waals surface area (Å²) in [6.45, 7) is 9.99. The van der Waals surface area contributed by atoms with Crippen molar-refractivity contribution in [3.05, 3.63) is 12.2 Å². The van der Waals surface area contributed by atoms with Crippen molar-refractivity contribution < 1.29 is 2.74 Å². The zero-order valence-corrected chi connectivity index (χ0v) is 8.77. The molecule has 0 amide bonds. The van der Waals surface area contributed by atoms with Crippen LogP contribution in [-0.2, 0) is 0 Å². The average Bonchev–Trinajstić information content (AvgIpc) is 2.60. The molecule has 2 fully saturated rings. The Balaban J connectivity index is 2.35. The summed E-state index contributed by atoms with van der Waals surface area (Å²) in [5.74, 6) is 0.0731.